The molecule has 130 valence electrons. The Morgan fingerprint density at radius 3 is 2.54 bits per heavy atom. The maximum atomic E-state index is 12.5. The maximum Gasteiger partial charge on any atom is 0.253 e. The van der Waals surface area contributed by atoms with Crippen LogP contribution in [0.25, 0.3) is 0 Å². The van der Waals surface area contributed by atoms with Crippen LogP contribution >= 0.6 is 0 Å². The summed E-state index contributed by atoms with van der Waals surface area (Å²) in [7, 11) is 0. The normalized spacial score (nSPS) is 22.2. The third-order valence-corrected chi connectivity index (χ3v) is 4.98. The van der Waals surface area contributed by atoms with Crippen LogP contribution in [0, 0.1) is 0 Å². The molecule has 1 atom stereocenters. The second-order valence-corrected chi connectivity index (χ2v) is 6.84. The summed E-state index contributed by atoms with van der Waals surface area (Å²) in [4.78, 5) is 28.3. The van der Waals surface area contributed by atoms with Crippen LogP contribution in [0.5, 0.6) is 0 Å². The lowest BCUT2D eigenvalue weighted by Crippen LogP contribution is -2.48. The smallest absolute Gasteiger partial charge is 0.253 e. The molecular formula is C19H27N3O2. The van der Waals surface area contributed by atoms with Gasteiger partial charge in [-0.25, -0.2) is 0 Å². The zero-order chi connectivity index (χ0) is 16.9. The van der Waals surface area contributed by atoms with Crippen molar-refractivity contribution in [1.82, 2.24) is 15.1 Å². The van der Waals surface area contributed by atoms with Crippen molar-refractivity contribution in [3.63, 3.8) is 0 Å². The minimum Gasteiger partial charge on any atom is -0.341 e. The summed E-state index contributed by atoms with van der Waals surface area (Å²) in [5.74, 6) is 0.394. The number of carbonyl (C=O) groups is 2. The quantitative estimate of drug-likeness (QED) is 0.897. The topological polar surface area (TPSA) is 52.6 Å². The van der Waals surface area contributed by atoms with E-state index in [1.807, 2.05) is 40.1 Å². The zero-order valence-electron chi connectivity index (χ0n) is 14.4. The van der Waals surface area contributed by atoms with Gasteiger partial charge in [0, 0.05) is 50.2 Å². The van der Waals surface area contributed by atoms with Crippen molar-refractivity contribution in [2.45, 2.75) is 44.7 Å². The number of nitrogens with one attached hydrogen (secondary N) is 1. The Hall–Kier alpha value is -1.88. The van der Waals surface area contributed by atoms with Gasteiger partial charge in [-0.1, -0.05) is 25.1 Å². The van der Waals surface area contributed by atoms with E-state index in [0.29, 0.717) is 12.5 Å². The van der Waals surface area contributed by atoms with E-state index in [9.17, 15) is 9.59 Å². The first-order valence-corrected chi connectivity index (χ1v) is 9.05. The highest BCUT2D eigenvalue weighted by Crippen LogP contribution is 2.17. The van der Waals surface area contributed by atoms with Gasteiger partial charge in [0.25, 0.3) is 5.91 Å². The predicted octanol–water partition coefficient (Wildman–Crippen LogP) is 1.89. The Bertz CT molecular complexity index is 567. The van der Waals surface area contributed by atoms with Gasteiger partial charge in [-0.15, -0.1) is 0 Å². The molecule has 0 saturated carbocycles. The molecule has 0 unspecified atom stereocenters. The lowest BCUT2D eigenvalue weighted by atomic mass is 10.0. The maximum absolute atomic E-state index is 12.5. The van der Waals surface area contributed by atoms with Crippen LogP contribution in [0.2, 0.25) is 0 Å². The summed E-state index contributed by atoms with van der Waals surface area (Å²) in [5.41, 5.74) is 0.764. The third kappa shape index (κ3) is 3.96. The van der Waals surface area contributed by atoms with Gasteiger partial charge in [0.1, 0.15) is 0 Å². The first-order valence-electron chi connectivity index (χ1n) is 9.05. The summed E-state index contributed by atoms with van der Waals surface area (Å²) in [6.45, 7) is 5.36. The van der Waals surface area contributed by atoms with Gasteiger partial charge in [-0.2, -0.15) is 0 Å². The molecule has 5 heteroatoms. The summed E-state index contributed by atoms with van der Waals surface area (Å²) >= 11 is 0. The summed E-state index contributed by atoms with van der Waals surface area (Å²) in [6, 6.07) is 10.2. The molecule has 0 bridgehead atoms. The van der Waals surface area contributed by atoms with Crippen molar-refractivity contribution >= 4 is 11.8 Å². The molecule has 3 rings (SSSR count). The van der Waals surface area contributed by atoms with Crippen LogP contribution in [-0.4, -0.2) is 59.9 Å². The molecule has 0 radical (unpaired) electrons. The molecule has 2 heterocycles. The van der Waals surface area contributed by atoms with E-state index in [1.54, 1.807) is 0 Å². The van der Waals surface area contributed by atoms with Gasteiger partial charge in [-0.3, -0.25) is 9.59 Å². The molecule has 1 aromatic carbocycles. The van der Waals surface area contributed by atoms with Gasteiger partial charge in [0.05, 0.1) is 0 Å². The fraction of sp³-hybridized carbons (Fsp3) is 0.579. The number of hydrogen-bond donors (Lipinski definition) is 1. The number of hydrogen-bond acceptors (Lipinski definition) is 3. The van der Waals surface area contributed by atoms with E-state index in [4.69, 9.17) is 0 Å². The van der Waals surface area contributed by atoms with Gasteiger partial charge in [-0.05, 0) is 31.4 Å². The predicted molar refractivity (Wildman–Crippen MR) is 93.8 cm³/mol. The molecule has 2 aliphatic heterocycles. The average molecular weight is 329 g/mol. The Morgan fingerprint density at radius 1 is 1.17 bits per heavy atom. The minimum absolute atomic E-state index is 0.124. The van der Waals surface area contributed by atoms with Crippen LogP contribution in [0.4, 0.5) is 0 Å². The van der Waals surface area contributed by atoms with Crippen LogP contribution in [0.15, 0.2) is 30.3 Å². The van der Waals surface area contributed by atoms with Gasteiger partial charge in [0.2, 0.25) is 5.91 Å². The van der Waals surface area contributed by atoms with Crippen molar-refractivity contribution in [2.75, 3.05) is 26.2 Å². The number of likely N-dealkylation sites (tertiary alicyclic amines) is 2. The summed E-state index contributed by atoms with van der Waals surface area (Å²) < 4.78 is 0. The fourth-order valence-electron chi connectivity index (χ4n) is 3.72. The highest BCUT2D eigenvalue weighted by atomic mass is 16.2. The third-order valence-electron chi connectivity index (χ3n) is 4.98. The molecule has 24 heavy (non-hydrogen) atoms. The molecule has 2 fully saturated rings. The first kappa shape index (κ1) is 17.0. The largest absolute Gasteiger partial charge is 0.341 e. The van der Waals surface area contributed by atoms with Crippen molar-refractivity contribution in [2.24, 2.45) is 0 Å². The molecule has 1 aromatic rings. The molecular weight excluding hydrogens is 302 g/mol. The zero-order valence-corrected chi connectivity index (χ0v) is 14.4. The lowest BCUT2D eigenvalue weighted by molar-refractivity contribution is -0.127. The Labute approximate surface area is 144 Å². The Balaban J connectivity index is 1.46. The minimum atomic E-state index is 0.124. The number of rotatable bonds is 5. The highest BCUT2D eigenvalue weighted by Gasteiger charge is 2.31. The number of benzene rings is 1. The second-order valence-electron chi connectivity index (χ2n) is 6.84. The van der Waals surface area contributed by atoms with Crippen LogP contribution in [0.3, 0.4) is 0 Å². The van der Waals surface area contributed by atoms with E-state index in [2.05, 4.69) is 12.2 Å². The number of amides is 2. The Morgan fingerprint density at radius 2 is 1.88 bits per heavy atom. The van der Waals surface area contributed by atoms with E-state index in [0.717, 1.165) is 51.0 Å². The number of carbonyl (C=O) groups excluding carboxylic acids is 2. The number of nitrogens with zero attached hydrogens (tertiary/aromatic N) is 2. The monoisotopic (exact) mass is 329 g/mol. The standard InChI is InChI=1S/C19H27N3O2/c1-2-10-22-14-17(13-18(22)23)20-16-8-11-21(12-9-16)19(24)15-6-4-3-5-7-15/h3-7,16-17,20H,2,8-14H2,1H3/t17-/m1/s1. The summed E-state index contributed by atoms with van der Waals surface area (Å²) in [6.07, 6.45) is 3.54. The van der Waals surface area contributed by atoms with E-state index >= 15 is 0 Å². The Kier molecular flexibility index (Phi) is 5.51. The van der Waals surface area contributed by atoms with Crippen LogP contribution in [-0.2, 0) is 4.79 Å². The van der Waals surface area contributed by atoms with E-state index < -0.39 is 0 Å². The number of piperidine rings is 1. The molecule has 0 spiro atoms. The van der Waals surface area contributed by atoms with Crippen molar-refractivity contribution in [3.05, 3.63) is 35.9 Å². The second kappa shape index (κ2) is 7.79. The molecule has 0 aliphatic carbocycles. The van der Waals surface area contributed by atoms with E-state index in [-0.39, 0.29) is 17.9 Å². The van der Waals surface area contributed by atoms with Gasteiger partial charge in [0.15, 0.2) is 0 Å². The molecule has 1 N–H and O–H groups in total. The summed E-state index contributed by atoms with van der Waals surface area (Å²) in [5, 5.41) is 3.64. The van der Waals surface area contributed by atoms with Crippen molar-refractivity contribution in [1.29, 1.82) is 0 Å². The van der Waals surface area contributed by atoms with Crippen LogP contribution in [0.1, 0.15) is 43.0 Å². The van der Waals surface area contributed by atoms with Crippen molar-refractivity contribution < 1.29 is 9.59 Å². The molecule has 2 amide bonds. The molecule has 2 saturated heterocycles. The highest BCUT2D eigenvalue weighted by molar-refractivity contribution is 5.94. The average Bonchev–Trinajstić information content (AvgIpc) is 2.95. The van der Waals surface area contributed by atoms with E-state index in [1.165, 1.54) is 0 Å². The van der Waals surface area contributed by atoms with Crippen molar-refractivity contribution in [3.8, 4) is 0 Å². The van der Waals surface area contributed by atoms with Crippen LogP contribution < -0.4 is 5.32 Å². The molecule has 5 nitrogen and oxygen atoms in total. The molecule has 2 aliphatic rings. The fourth-order valence-corrected chi connectivity index (χ4v) is 3.72. The van der Waals surface area contributed by atoms with Gasteiger partial charge < -0.3 is 15.1 Å². The SMILES string of the molecule is CCCN1C[C@H](NC2CCN(C(=O)c3ccccc3)CC2)CC1=O. The van der Waals surface area contributed by atoms with Gasteiger partial charge >= 0.3 is 0 Å². The lowest BCUT2D eigenvalue weighted by Gasteiger charge is -2.34. The molecule has 0 aromatic heterocycles. The first-order chi connectivity index (χ1) is 11.7.